The molecular weight excluding hydrogens is 148 g/mol. The van der Waals surface area contributed by atoms with Gasteiger partial charge in [-0.3, -0.25) is 0 Å². The number of rotatable bonds is 6. The average molecular weight is 170 g/mol. The molecule has 0 aliphatic carbocycles. The lowest BCUT2D eigenvalue weighted by Gasteiger charge is -2.20. The summed E-state index contributed by atoms with van der Waals surface area (Å²) in [6.45, 7) is 8.65. The van der Waals surface area contributed by atoms with Crippen LogP contribution < -0.4 is 11.5 Å². The Labute approximate surface area is 76.0 Å². The van der Waals surface area contributed by atoms with Crippen LogP contribution in [0.5, 0.6) is 0 Å². The molecule has 0 aliphatic heterocycles. The molecule has 0 spiro atoms. The van der Waals surface area contributed by atoms with Crippen LogP contribution in [-0.4, -0.2) is 12.1 Å². The molecule has 0 radical (unpaired) electrons. The highest BCUT2D eigenvalue weighted by Crippen LogP contribution is 2.14. The minimum atomic E-state index is -0.200. The first-order valence-corrected chi connectivity index (χ1v) is 4.64. The van der Waals surface area contributed by atoms with Gasteiger partial charge in [-0.05, 0) is 32.2 Å². The van der Waals surface area contributed by atoms with Crippen LogP contribution in [0.25, 0.3) is 0 Å². The highest BCUT2D eigenvalue weighted by atomic mass is 14.7. The van der Waals surface area contributed by atoms with Gasteiger partial charge in [0.05, 0.1) is 0 Å². The molecule has 0 aromatic rings. The molecule has 0 saturated heterocycles. The van der Waals surface area contributed by atoms with Gasteiger partial charge < -0.3 is 11.5 Å². The summed E-state index contributed by atoms with van der Waals surface area (Å²) in [5.41, 5.74) is 11.2. The molecule has 4 N–H and O–H groups in total. The second-order valence-corrected chi connectivity index (χ2v) is 3.94. The van der Waals surface area contributed by atoms with E-state index >= 15 is 0 Å². The Morgan fingerprint density at radius 3 is 2.58 bits per heavy atom. The van der Waals surface area contributed by atoms with Crippen molar-refractivity contribution in [3.8, 4) is 0 Å². The fraction of sp³-hybridized carbons (Fsp3) is 0.800. The molecule has 0 bridgehead atoms. The van der Waals surface area contributed by atoms with Gasteiger partial charge in [-0.25, -0.2) is 0 Å². The molecule has 2 unspecified atom stereocenters. The van der Waals surface area contributed by atoms with Crippen molar-refractivity contribution < 1.29 is 0 Å². The first kappa shape index (κ1) is 11.7. The quantitative estimate of drug-likeness (QED) is 0.596. The van der Waals surface area contributed by atoms with Gasteiger partial charge in [0.2, 0.25) is 0 Å². The van der Waals surface area contributed by atoms with Gasteiger partial charge in [0, 0.05) is 5.54 Å². The summed E-state index contributed by atoms with van der Waals surface area (Å²) in [5, 5.41) is 0. The summed E-state index contributed by atoms with van der Waals surface area (Å²) in [5.74, 6) is 0.616. The molecule has 0 amide bonds. The summed E-state index contributed by atoms with van der Waals surface area (Å²) < 4.78 is 0. The molecule has 72 valence electrons. The third-order valence-electron chi connectivity index (χ3n) is 2.28. The van der Waals surface area contributed by atoms with E-state index in [0.717, 1.165) is 25.8 Å². The van der Waals surface area contributed by atoms with Gasteiger partial charge >= 0.3 is 0 Å². The van der Waals surface area contributed by atoms with Crippen LogP contribution in [0.4, 0.5) is 0 Å². The number of hydrogen-bond acceptors (Lipinski definition) is 2. The van der Waals surface area contributed by atoms with Crippen molar-refractivity contribution in [3.63, 3.8) is 0 Å². The summed E-state index contributed by atoms with van der Waals surface area (Å²) in [6.07, 6.45) is 5.12. The zero-order chi connectivity index (χ0) is 9.61. The molecule has 0 saturated carbocycles. The topological polar surface area (TPSA) is 52.0 Å². The molecule has 2 atom stereocenters. The van der Waals surface area contributed by atoms with Gasteiger partial charge in [0.15, 0.2) is 0 Å². The second kappa shape index (κ2) is 5.33. The molecule has 0 aromatic carbocycles. The zero-order valence-corrected chi connectivity index (χ0v) is 8.34. The Morgan fingerprint density at radius 1 is 1.58 bits per heavy atom. The van der Waals surface area contributed by atoms with Crippen molar-refractivity contribution >= 4 is 0 Å². The van der Waals surface area contributed by atoms with Gasteiger partial charge in [0.1, 0.15) is 0 Å². The largest absolute Gasteiger partial charge is 0.330 e. The molecule has 0 aliphatic rings. The van der Waals surface area contributed by atoms with Gasteiger partial charge in [-0.2, -0.15) is 0 Å². The van der Waals surface area contributed by atoms with Crippen LogP contribution >= 0.6 is 0 Å². The maximum atomic E-state index is 5.89. The van der Waals surface area contributed by atoms with E-state index in [2.05, 4.69) is 13.5 Å². The highest BCUT2D eigenvalue weighted by molar-refractivity contribution is 4.95. The smallest absolute Gasteiger partial charge is 0.0307 e. The van der Waals surface area contributed by atoms with Crippen LogP contribution in [0.3, 0.4) is 0 Å². The molecule has 0 heterocycles. The minimum Gasteiger partial charge on any atom is -0.330 e. The van der Waals surface area contributed by atoms with Crippen LogP contribution in [0, 0.1) is 5.92 Å². The molecule has 0 aromatic heterocycles. The third-order valence-corrected chi connectivity index (χ3v) is 2.28. The van der Waals surface area contributed by atoms with E-state index in [1.165, 1.54) is 0 Å². The Balaban J connectivity index is 3.49. The monoisotopic (exact) mass is 170 g/mol. The normalized spacial score (nSPS) is 18.3. The maximum absolute atomic E-state index is 5.89. The predicted octanol–water partition coefficient (Wildman–Crippen LogP) is 1.65. The number of hydrogen-bond donors (Lipinski definition) is 2. The standard InChI is InChI=1S/C10H22N2/c1-4-10(3,12)7-5-6-9(2)8-11/h4,9H,1,5-8,11-12H2,2-3H3. The van der Waals surface area contributed by atoms with Gasteiger partial charge in [-0.15, -0.1) is 6.58 Å². The third kappa shape index (κ3) is 5.33. The Kier molecular flexibility index (Phi) is 5.18. The van der Waals surface area contributed by atoms with Crippen LogP contribution in [0.1, 0.15) is 33.1 Å². The van der Waals surface area contributed by atoms with Crippen molar-refractivity contribution in [1.82, 2.24) is 0 Å². The Bertz CT molecular complexity index is 130. The SMILES string of the molecule is C=CC(C)(N)CCCC(C)CN. The Morgan fingerprint density at radius 2 is 2.17 bits per heavy atom. The maximum Gasteiger partial charge on any atom is 0.0307 e. The van der Waals surface area contributed by atoms with E-state index < -0.39 is 0 Å². The zero-order valence-electron chi connectivity index (χ0n) is 8.34. The van der Waals surface area contributed by atoms with Crippen LogP contribution in [0.2, 0.25) is 0 Å². The van der Waals surface area contributed by atoms with Crippen molar-refractivity contribution in [1.29, 1.82) is 0 Å². The molecule has 0 rings (SSSR count). The van der Waals surface area contributed by atoms with Crippen molar-refractivity contribution in [2.45, 2.75) is 38.6 Å². The number of nitrogens with two attached hydrogens (primary N) is 2. The summed E-state index contributed by atoms with van der Waals surface area (Å²) in [4.78, 5) is 0. The highest BCUT2D eigenvalue weighted by Gasteiger charge is 2.12. The van der Waals surface area contributed by atoms with E-state index in [1.807, 2.05) is 13.0 Å². The molecule has 12 heavy (non-hydrogen) atoms. The van der Waals surface area contributed by atoms with E-state index in [0.29, 0.717) is 5.92 Å². The van der Waals surface area contributed by atoms with E-state index in [1.54, 1.807) is 0 Å². The minimum absolute atomic E-state index is 0.200. The lowest BCUT2D eigenvalue weighted by molar-refractivity contribution is 0.446. The first-order chi connectivity index (χ1) is 5.52. The van der Waals surface area contributed by atoms with Crippen LogP contribution in [-0.2, 0) is 0 Å². The van der Waals surface area contributed by atoms with Crippen molar-refractivity contribution in [2.24, 2.45) is 17.4 Å². The average Bonchev–Trinajstić information content (AvgIpc) is 2.04. The van der Waals surface area contributed by atoms with Crippen LogP contribution in [0.15, 0.2) is 12.7 Å². The molecule has 2 heteroatoms. The second-order valence-electron chi connectivity index (χ2n) is 3.94. The fourth-order valence-electron chi connectivity index (χ4n) is 1.05. The molecular formula is C10H22N2. The predicted molar refractivity (Wildman–Crippen MR) is 54.9 cm³/mol. The van der Waals surface area contributed by atoms with Crippen molar-refractivity contribution in [3.05, 3.63) is 12.7 Å². The summed E-state index contributed by atoms with van der Waals surface area (Å²) in [6, 6.07) is 0. The van der Waals surface area contributed by atoms with Gasteiger partial charge in [0.25, 0.3) is 0 Å². The van der Waals surface area contributed by atoms with E-state index in [-0.39, 0.29) is 5.54 Å². The fourth-order valence-corrected chi connectivity index (χ4v) is 1.05. The lowest BCUT2D eigenvalue weighted by Crippen LogP contribution is -2.33. The summed E-state index contributed by atoms with van der Waals surface area (Å²) in [7, 11) is 0. The lowest BCUT2D eigenvalue weighted by atomic mass is 9.93. The van der Waals surface area contributed by atoms with Crippen molar-refractivity contribution in [2.75, 3.05) is 6.54 Å². The molecule has 2 nitrogen and oxygen atoms in total. The molecule has 0 fully saturated rings. The first-order valence-electron chi connectivity index (χ1n) is 4.64. The Hall–Kier alpha value is -0.340. The van der Waals surface area contributed by atoms with E-state index in [4.69, 9.17) is 11.5 Å². The summed E-state index contributed by atoms with van der Waals surface area (Å²) >= 11 is 0. The van der Waals surface area contributed by atoms with Gasteiger partial charge in [-0.1, -0.05) is 19.4 Å². The van der Waals surface area contributed by atoms with E-state index in [9.17, 15) is 0 Å².